The highest BCUT2D eigenvalue weighted by Crippen LogP contribution is 2.57. The normalized spacial score (nSPS) is 17.2. The minimum Gasteiger partial charge on any atom is -0.482 e. The molecule has 5 rings (SSSR count). The van der Waals surface area contributed by atoms with Crippen molar-refractivity contribution >= 4 is 5.97 Å². The lowest BCUT2D eigenvalue weighted by Gasteiger charge is -2.37. The standard InChI is InChI=1S/C26H22N6O5/c1-24(2,29-31-27)35-15-9-11-19-21(13-15)34-22-14-16(36-25(3,4)30-32-28)10-12-20(22)26(19)18-8-6-5-7-17(18)23(33)37-26/h5-14H,1-4H3. The Hall–Kier alpha value is -4.85. The summed E-state index contributed by atoms with van der Waals surface area (Å²) in [4.78, 5) is 18.7. The van der Waals surface area contributed by atoms with Crippen molar-refractivity contribution in [3.05, 3.63) is 104 Å². The maximum Gasteiger partial charge on any atom is 0.340 e. The predicted octanol–water partition coefficient (Wildman–Crippen LogP) is 7.11. The Bertz CT molecular complexity index is 1450. The molecule has 3 aromatic rings. The highest BCUT2D eigenvalue weighted by atomic mass is 16.6. The molecular formula is C26H22N6O5. The molecule has 11 heteroatoms. The fourth-order valence-electron chi connectivity index (χ4n) is 4.60. The summed E-state index contributed by atoms with van der Waals surface area (Å²) in [6.07, 6.45) is 0. The zero-order valence-electron chi connectivity index (χ0n) is 20.5. The Balaban J connectivity index is 1.68. The van der Waals surface area contributed by atoms with E-state index in [9.17, 15) is 4.79 Å². The first-order valence-corrected chi connectivity index (χ1v) is 11.4. The van der Waals surface area contributed by atoms with Crippen molar-refractivity contribution in [1.29, 1.82) is 0 Å². The number of rotatable bonds is 6. The summed E-state index contributed by atoms with van der Waals surface area (Å²) in [5.74, 6) is 1.10. The summed E-state index contributed by atoms with van der Waals surface area (Å²) < 4.78 is 24.2. The molecular weight excluding hydrogens is 476 g/mol. The maximum atomic E-state index is 13.0. The molecule has 2 heterocycles. The molecule has 37 heavy (non-hydrogen) atoms. The molecule has 0 radical (unpaired) electrons. The van der Waals surface area contributed by atoms with Gasteiger partial charge in [-0.2, -0.15) is 0 Å². The average Bonchev–Trinajstić information content (AvgIpc) is 3.11. The van der Waals surface area contributed by atoms with Crippen LogP contribution >= 0.6 is 0 Å². The van der Waals surface area contributed by atoms with E-state index in [-0.39, 0.29) is 0 Å². The Morgan fingerprint density at radius 3 is 1.81 bits per heavy atom. The second-order valence-corrected chi connectivity index (χ2v) is 9.51. The van der Waals surface area contributed by atoms with E-state index in [1.54, 1.807) is 76.2 Å². The summed E-state index contributed by atoms with van der Waals surface area (Å²) >= 11 is 0. The van der Waals surface area contributed by atoms with Crippen molar-refractivity contribution in [2.45, 2.75) is 44.7 Å². The summed E-state index contributed by atoms with van der Waals surface area (Å²) in [5, 5.41) is 7.34. The van der Waals surface area contributed by atoms with E-state index in [1.165, 1.54) is 0 Å². The number of fused-ring (bicyclic) bond motifs is 6. The third kappa shape index (κ3) is 4.02. The lowest BCUT2D eigenvalue weighted by Crippen LogP contribution is -2.33. The predicted molar refractivity (Wildman–Crippen MR) is 132 cm³/mol. The Kier molecular flexibility index (Phi) is 5.40. The number of carbonyl (C=O) groups is 1. The van der Waals surface area contributed by atoms with Gasteiger partial charge in [0.2, 0.25) is 0 Å². The molecule has 0 fully saturated rings. The van der Waals surface area contributed by atoms with Gasteiger partial charge in [0.25, 0.3) is 0 Å². The van der Waals surface area contributed by atoms with Gasteiger partial charge in [0.05, 0.1) is 5.56 Å². The van der Waals surface area contributed by atoms with Crippen molar-refractivity contribution in [3.8, 4) is 23.0 Å². The van der Waals surface area contributed by atoms with Gasteiger partial charge in [-0.25, -0.2) is 4.79 Å². The molecule has 2 aliphatic rings. The first kappa shape index (κ1) is 23.9. The third-order valence-electron chi connectivity index (χ3n) is 5.96. The van der Waals surface area contributed by atoms with Crippen LogP contribution in [0, 0.1) is 0 Å². The molecule has 2 aliphatic heterocycles. The number of ether oxygens (including phenoxy) is 4. The molecule has 1 spiro atoms. The molecule has 0 aromatic heterocycles. The fraction of sp³-hybridized carbons (Fsp3) is 0.269. The van der Waals surface area contributed by atoms with Crippen LogP contribution in [0.15, 0.2) is 70.9 Å². The largest absolute Gasteiger partial charge is 0.482 e. The molecule has 0 atom stereocenters. The molecule has 186 valence electrons. The van der Waals surface area contributed by atoms with Crippen molar-refractivity contribution in [3.63, 3.8) is 0 Å². The van der Waals surface area contributed by atoms with Crippen molar-refractivity contribution in [1.82, 2.24) is 0 Å². The summed E-state index contributed by atoms with van der Waals surface area (Å²) in [6, 6.07) is 17.5. The van der Waals surface area contributed by atoms with E-state index in [0.717, 1.165) is 0 Å². The molecule has 0 saturated heterocycles. The number of benzene rings is 3. The van der Waals surface area contributed by atoms with Crippen LogP contribution in [-0.4, -0.2) is 17.4 Å². The van der Waals surface area contributed by atoms with Crippen LogP contribution in [-0.2, 0) is 10.3 Å². The minimum atomic E-state index is -1.27. The Morgan fingerprint density at radius 2 is 1.30 bits per heavy atom. The van der Waals surface area contributed by atoms with Crippen LogP contribution in [0.5, 0.6) is 23.0 Å². The number of azide groups is 2. The van der Waals surface area contributed by atoms with Gasteiger partial charge < -0.3 is 18.9 Å². The number of nitrogens with zero attached hydrogens (tertiary/aromatic N) is 6. The second-order valence-electron chi connectivity index (χ2n) is 9.51. The van der Waals surface area contributed by atoms with Gasteiger partial charge in [0.1, 0.15) is 23.0 Å². The van der Waals surface area contributed by atoms with Crippen LogP contribution in [0.4, 0.5) is 0 Å². The van der Waals surface area contributed by atoms with Gasteiger partial charge in [-0.3, -0.25) is 0 Å². The van der Waals surface area contributed by atoms with Gasteiger partial charge in [-0.05, 0) is 79.3 Å². The third-order valence-corrected chi connectivity index (χ3v) is 5.96. The van der Waals surface area contributed by atoms with Gasteiger partial charge in [0, 0.05) is 38.6 Å². The minimum absolute atomic E-state index is 0.387. The number of carbonyl (C=O) groups excluding carboxylic acids is 1. The number of hydrogen-bond acceptors (Lipinski definition) is 7. The first-order valence-electron chi connectivity index (χ1n) is 11.4. The first-order chi connectivity index (χ1) is 17.6. The van der Waals surface area contributed by atoms with E-state index in [1.807, 2.05) is 12.1 Å². The zero-order valence-corrected chi connectivity index (χ0v) is 20.5. The van der Waals surface area contributed by atoms with Crippen molar-refractivity contribution in [2.24, 2.45) is 10.2 Å². The zero-order chi connectivity index (χ0) is 26.4. The summed E-state index contributed by atoms with van der Waals surface area (Å²) in [5.41, 5.74) is 16.5. The van der Waals surface area contributed by atoms with E-state index < -0.39 is 23.0 Å². The van der Waals surface area contributed by atoms with Crippen LogP contribution in [0.1, 0.15) is 54.7 Å². The smallest absolute Gasteiger partial charge is 0.340 e. The molecule has 0 bridgehead atoms. The maximum absolute atomic E-state index is 13.0. The summed E-state index contributed by atoms with van der Waals surface area (Å²) in [6.45, 7) is 6.53. The molecule has 0 amide bonds. The highest BCUT2D eigenvalue weighted by molar-refractivity contribution is 5.97. The van der Waals surface area contributed by atoms with Crippen LogP contribution in [0.2, 0.25) is 0 Å². The SMILES string of the molecule is CC(C)(N=[N+]=[N-])Oc1ccc2c(c1)Oc1cc(OC(C)(C)N=[N+]=[N-])ccc1C21OC(=O)c2ccccc21. The van der Waals surface area contributed by atoms with Crippen molar-refractivity contribution < 1.29 is 23.7 Å². The number of hydrogen-bond donors (Lipinski definition) is 0. The lowest BCUT2D eigenvalue weighted by atomic mass is 9.77. The van der Waals surface area contributed by atoms with Crippen LogP contribution < -0.4 is 14.2 Å². The molecule has 3 aromatic carbocycles. The Morgan fingerprint density at radius 1 is 0.784 bits per heavy atom. The molecule has 0 N–H and O–H groups in total. The highest BCUT2D eigenvalue weighted by Gasteiger charge is 2.53. The average molecular weight is 498 g/mol. The topological polar surface area (TPSA) is 152 Å². The van der Waals surface area contributed by atoms with Gasteiger partial charge >= 0.3 is 5.97 Å². The summed E-state index contributed by atoms with van der Waals surface area (Å²) in [7, 11) is 0. The van der Waals surface area contributed by atoms with E-state index in [0.29, 0.717) is 45.3 Å². The van der Waals surface area contributed by atoms with Gasteiger partial charge in [-0.15, -0.1) is 0 Å². The number of esters is 1. The Labute approximate surface area is 211 Å². The van der Waals surface area contributed by atoms with E-state index in [2.05, 4.69) is 20.1 Å². The van der Waals surface area contributed by atoms with Crippen LogP contribution in [0.3, 0.4) is 0 Å². The molecule has 0 unspecified atom stereocenters. The second kappa shape index (κ2) is 8.37. The monoisotopic (exact) mass is 498 g/mol. The van der Waals surface area contributed by atoms with Crippen LogP contribution in [0.25, 0.3) is 20.9 Å². The lowest BCUT2D eigenvalue weighted by molar-refractivity contribution is 0.0223. The van der Waals surface area contributed by atoms with Gasteiger partial charge in [0.15, 0.2) is 17.1 Å². The fourth-order valence-corrected chi connectivity index (χ4v) is 4.60. The molecule has 11 nitrogen and oxygen atoms in total. The van der Waals surface area contributed by atoms with Crippen molar-refractivity contribution in [2.75, 3.05) is 0 Å². The molecule has 0 aliphatic carbocycles. The molecule has 0 saturated carbocycles. The quantitative estimate of drug-likeness (QED) is 0.153. The van der Waals surface area contributed by atoms with E-state index >= 15 is 0 Å². The van der Waals surface area contributed by atoms with E-state index in [4.69, 9.17) is 30.0 Å². The van der Waals surface area contributed by atoms with Gasteiger partial charge in [-0.1, -0.05) is 18.2 Å².